The van der Waals surface area contributed by atoms with Crippen LogP contribution in [0.25, 0.3) is 0 Å². The van der Waals surface area contributed by atoms with Crippen LogP contribution in [0.1, 0.15) is 36.0 Å². The summed E-state index contributed by atoms with van der Waals surface area (Å²) < 4.78 is 0. The molecule has 0 bridgehead atoms. The molecule has 0 atom stereocenters. The Morgan fingerprint density at radius 3 is 2.60 bits per heavy atom. The Morgan fingerprint density at radius 2 is 2.00 bits per heavy atom. The lowest BCUT2D eigenvalue weighted by molar-refractivity contribution is 0.0715. The highest BCUT2D eigenvalue weighted by atomic mass is 35.5. The first-order chi connectivity index (χ1) is 9.50. The fourth-order valence-corrected chi connectivity index (χ4v) is 3.09. The van der Waals surface area contributed by atoms with Gasteiger partial charge in [-0.1, -0.05) is 54.3 Å². The van der Waals surface area contributed by atoms with Crippen LogP contribution in [-0.4, -0.2) is 28.4 Å². The highest BCUT2D eigenvalue weighted by Crippen LogP contribution is 2.29. The molecule has 2 N–H and O–H groups in total. The molecule has 1 aliphatic carbocycles. The lowest BCUT2D eigenvalue weighted by atomic mass is 10.1. The molecule has 0 saturated heterocycles. The van der Waals surface area contributed by atoms with E-state index in [1.807, 2.05) is 0 Å². The van der Waals surface area contributed by atoms with Gasteiger partial charge in [0.1, 0.15) is 0 Å². The molecule has 3 nitrogen and oxygen atoms in total. The number of halogens is 2. The van der Waals surface area contributed by atoms with Crippen molar-refractivity contribution in [2.45, 2.75) is 31.7 Å². The first-order valence-corrected chi connectivity index (χ1v) is 7.70. The summed E-state index contributed by atoms with van der Waals surface area (Å²) >= 11 is 17.1. The normalized spacial score (nSPS) is 15.3. The smallest absolute Gasteiger partial charge is 0.256 e. The molecule has 0 unspecified atom stereocenters. The van der Waals surface area contributed by atoms with Crippen LogP contribution in [0.4, 0.5) is 0 Å². The van der Waals surface area contributed by atoms with E-state index in [0.29, 0.717) is 15.6 Å². The zero-order valence-corrected chi connectivity index (χ0v) is 13.3. The van der Waals surface area contributed by atoms with Gasteiger partial charge in [0, 0.05) is 6.04 Å². The van der Waals surface area contributed by atoms with E-state index < -0.39 is 0 Å². The van der Waals surface area contributed by atoms with Crippen molar-refractivity contribution in [3.8, 4) is 0 Å². The Bertz CT molecular complexity index is 530. The van der Waals surface area contributed by atoms with E-state index in [4.69, 9.17) is 41.2 Å². The number of amides is 1. The molecule has 1 fully saturated rings. The van der Waals surface area contributed by atoms with Crippen LogP contribution in [0.5, 0.6) is 0 Å². The molecule has 1 amide bonds. The molecule has 20 heavy (non-hydrogen) atoms. The molecule has 2 rings (SSSR count). The van der Waals surface area contributed by atoms with Gasteiger partial charge >= 0.3 is 0 Å². The fourth-order valence-electron chi connectivity index (χ4n) is 2.57. The van der Waals surface area contributed by atoms with Gasteiger partial charge in [-0.2, -0.15) is 0 Å². The number of nitrogens with zero attached hydrogens (tertiary/aromatic N) is 1. The average molecular weight is 331 g/mol. The third kappa shape index (κ3) is 3.43. The summed E-state index contributed by atoms with van der Waals surface area (Å²) in [5, 5.41) is 0.657. The van der Waals surface area contributed by atoms with E-state index in [1.165, 1.54) is 0 Å². The van der Waals surface area contributed by atoms with Crippen molar-refractivity contribution in [1.29, 1.82) is 0 Å². The highest BCUT2D eigenvalue weighted by Gasteiger charge is 2.29. The number of benzene rings is 1. The van der Waals surface area contributed by atoms with Crippen LogP contribution >= 0.6 is 35.4 Å². The average Bonchev–Trinajstić information content (AvgIpc) is 2.92. The maximum atomic E-state index is 12.7. The van der Waals surface area contributed by atoms with E-state index >= 15 is 0 Å². The maximum Gasteiger partial charge on any atom is 0.256 e. The third-order valence-electron chi connectivity index (χ3n) is 3.53. The lowest BCUT2D eigenvalue weighted by Gasteiger charge is -2.29. The quantitative estimate of drug-likeness (QED) is 0.857. The van der Waals surface area contributed by atoms with E-state index in [1.54, 1.807) is 23.1 Å². The Labute approximate surface area is 134 Å². The third-order valence-corrected chi connectivity index (χ3v) is 4.48. The molecule has 108 valence electrons. The van der Waals surface area contributed by atoms with Gasteiger partial charge < -0.3 is 10.6 Å². The van der Waals surface area contributed by atoms with Crippen molar-refractivity contribution in [2.75, 3.05) is 6.54 Å². The monoisotopic (exact) mass is 330 g/mol. The van der Waals surface area contributed by atoms with E-state index in [9.17, 15) is 4.79 Å². The number of carbonyl (C=O) groups is 1. The molecule has 0 radical (unpaired) electrons. The Balaban J connectivity index is 2.29. The number of carbonyl (C=O) groups excluding carboxylic acids is 1. The van der Waals surface area contributed by atoms with E-state index in [2.05, 4.69) is 0 Å². The SMILES string of the molecule is NC(=S)CN(C(=O)c1cccc(Cl)c1Cl)C1CCCC1. The van der Waals surface area contributed by atoms with Gasteiger partial charge in [-0.25, -0.2) is 0 Å². The fraction of sp³-hybridized carbons (Fsp3) is 0.429. The van der Waals surface area contributed by atoms with Crippen LogP contribution in [0.15, 0.2) is 18.2 Å². The molecule has 1 aromatic rings. The molecular weight excluding hydrogens is 315 g/mol. The molecular formula is C14H16Cl2N2OS. The van der Waals surface area contributed by atoms with Crippen molar-refractivity contribution in [3.05, 3.63) is 33.8 Å². The van der Waals surface area contributed by atoms with Crippen LogP contribution < -0.4 is 5.73 Å². The minimum Gasteiger partial charge on any atom is -0.392 e. The topological polar surface area (TPSA) is 46.3 Å². The van der Waals surface area contributed by atoms with Gasteiger partial charge in [-0.15, -0.1) is 0 Å². The molecule has 1 saturated carbocycles. The van der Waals surface area contributed by atoms with Crippen LogP contribution in [0.2, 0.25) is 10.0 Å². The summed E-state index contributed by atoms with van der Waals surface area (Å²) in [7, 11) is 0. The van der Waals surface area contributed by atoms with Gasteiger partial charge in [-0.3, -0.25) is 4.79 Å². The van der Waals surface area contributed by atoms with Crippen LogP contribution in [0, 0.1) is 0 Å². The number of nitrogens with two attached hydrogens (primary N) is 1. The van der Waals surface area contributed by atoms with Crippen molar-refractivity contribution in [2.24, 2.45) is 5.73 Å². The molecule has 0 heterocycles. The number of hydrogen-bond acceptors (Lipinski definition) is 2. The van der Waals surface area contributed by atoms with Crippen LogP contribution in [-0.2, 0) is 0 Å². The first-order valence-electron chi connectivity index (χ1n) is 6.54. The zero-order chi connectivity index (χ0) is 14.7. The van der Waals surface area contributed by atoms with E-state index in [-0.39, 0.29) is 23.5 Å². The predicted octanol–water partition coefficient (Wildman–Crippen LogP) is 3.66. The second kappa shape index (κ2) is 6.74. The van der Waals surface area contributed by atoms with Gasteiger partial charge in [0.05, 0.1) is 27.1 Å². The summed E-state index contributed by atoms with van der Waals surface area (Å²) in [5.74, 6) is -0.155. The molecule has 0 aromatic heterocycles. The van der Waals surface area contributed by atoms with E-state index in [0.717, 1.165) is 25.7 Å². The summed E-state index contributed by atoms with van der Waals surface area (Å²) in [6.45, 7) is 0.279. The molecule has 0 spiro atoms. The van der Waals surface area contributed by atoms with Crippen molar-refractivity contribution in [1.82, 2.24) is 4.90 Å². The van der Waals surface area contributed by atoms with Gasteiger partial charge in [0.2, 0.25) is 0 Å². The van der Waals surface area contributed by atoms with Crippen molar-refractivity contribution >= 4 is 46.3 Å². The lowest BCUT2D eigenvalue weighted by Crippen LogP contribution is -2.43. The first kappa shape index (κ1) is 15.5. The van der Waals surface area contributed by atoms with Gasteiger partial charge in [0.25, 0.3) is 5.91 Å². The Morgan fingerprint density at radius 1 is 1.35 bits per heavy atom. The second-order valence-corrected chi connectivity index (χ2v) is 6.25. The second-order valence-electron chi connectivity index (χ2n) is 4.94. The minimum atomic E-state index is -0.155. The molecule has 6 heteroatoms. The molecule has 0 aliphatic heterocycles. The van der Waals surface area contributed by atoms with Gasteiger partial charge in [0.15, 0.2) is 0 Å². The summed E-state index contributed by atoms with van der Waals surface area (Å²) in [4.78, 5) is 14.7. The number of rotatable bonds is 4. The van der Waals surface area contributed by atoms with Crippen molar-refractivity contribution < 1.29 is 4.79 Å². The summed E-state index contributed by atoms with van der Waals surface area (Å²) in [5.41, 5.74) is 6.03. The predicted molar refractivity (Wildman–Crippen MR) is 86.5 cm³/mol. The van der Waals surface area contributed by atoms with Crippen molar-refractivity contribution in [3.63, 3.8) is 0 Å². The summed E-state index contributed by atoms with van der Waals surface area (Å²) in [6.07, 6.45) is 4.20. The molecule has 1 aromatic carbocycles. The maximum absolute atomic E-state index is 12.7. The zero-order valence-electron chi connectivity index (χ0n) is 10.9. The highest BCUT2D eigenvalue weighted by molar-refractivity contribution is 7.80. The molecule has 1 aliphatic rings. The minimum absolute atomic E-state index is 0.155. The number of hydrogen-bond donors (Lipinski definition) is 1. The van der Waals surface area contributed by atoms with Gasteiger partial charge in [-0.05, 0) is 25.0 Å². The largest absolute Gasteiger partial charge is 0.392 e. The van der Waals surface area contributed by atoms with Crippen LogP contribution in [0.3, 0.4) is 0 Å². The Kier molecular flexibility index (Phi) is 5.24. The Hall–Kier alpha value is -0.840. The number of thiocarbonyl (C=S) groups is 1. The standard InChI is InChI=1S/C14H16Cl2N2OS/c15-11-7-3-6-10(13(11)16)14(19)18(8-12(17)20)9-4-1-2-5-9/h3,6-7,9H,1-2,4-5,8H2,(H2,17,20). The summed E-state index contributed by atoms with van der Waals surface area (Å²) in [6, 6.07) is 5.24.